The first kappa shape index (κ1) is 17.3. The van der Waals surface area contributed by atoms with E-state index in [9.17, 15) is 4.79 Å². The fourth-order valence-electron chi connectivity index (χ4n) is 2.17. The van der Waals surface area contributed by atoms with Crippen LogP contribution in [0.5, 0.6) is 5.75 Å². The lowest BCUT2D eigenvalue weighted by Gasteiger charge is -2.15. The van der Waals surface area contributed by atoms with Crippen molar-refractivity contribution >= 4 is 29.0 Å². The number of unbranched alkanes of at least 4 members (excludes halogenated alkanes) is 1. The van der Waals surface area contributed by atoms with Crippen molar-refractivity contribution in [2.75, 3.05) is 6.61 Å². The van der Waals surface area contributed by atoms with Crippen LogP contribution in [0.2, 0.25) is 10.0 Å². The Hall–Kier alpha value is -0.730. The summed E-state index contributed by atoms with van der Waals surface area (Å²) < 4.78 is 5.38. The summed E-state index contributed by atoms with van der Waals surface area (Å²) in [5.41, 5.74) is 0.503. The van der Waals surface area contributed by atoms with Gasteiger partial charge in [0.25, 0.3) is 0 Å². The summed E-state index contributed by atoms with van der Waals surface area (Å²) in [6.07, 6.45) is 3.85. The normalized spacial score (nSPS) is 12.2. The van der Waals surface area contributed by atoms with Gasteiger partial charge < -0.3 is 4.74 Å². The van der Waals surface area contributed by atoms with E-state index in [0.29, 0.717) is 28.0 Å². The van der Waals surface area contributed by atoms with Crippen molar-refractivity contribution in [3.63, 3.8) is 0 Å². The number of hydrogen-bond donors (Lipinski definition) is 0. The van der Waals surface area contributed by atoms with Crippen LogP contribution in [0.25, 0.3) is 0 Å². The molecule has 1 unspecified atom stereocenters. The molecule has 112 valence electrons. The van der Waals surface area contributed by atoms with Crippen LogP contribution in [0.1, 0.15) is 56.8 Å². The van der Waals surface area contributed by atoms with E-state index in [4.69, 9.17) is 27.9 Å². The predicted octanol–water partition coefficient (Wildman–Crippen LogP) is 5.79. The van der Waals surface area contributed by atoms with E-state index < -0.39 is 0 Å². The predicted molar refractivity (Wildman–Crippen MR) is 85.3 cm³/mol. The summed E-state index contributed by atoms with van der Waals surface area (Å²) in [5.74, 6) is 0.620. The Morgan fingerprint density at radius 2 is 1.90 bits per heavy atom. The molecule has 0 aliphatic heterocycles. The third kappa shape index (κ3) is 4.39. The van der Waals surface area contributed by atoms with Crippen LogP contribution in [0, 0.1) is 5.92 Å². The van der Waals surface area contributed by atoms with Crippen LogP contribution < -0.4 is 4.74 Å². The molecule has 0 radical (unpaired) electrons. The Balaban J connectivity index is 3.00. The molecular formula is C16H22Cl2O2. The summed E-state index contributed by atoms with van der Waals surface area (Å²) in [4.78, 5) is 12.5. The van der Waals surface area contributed by atoms with E-state index in [-0.39, 0.29) is 11.7 Å². The summed E-state index contributed by atoms with van der Waals surface area (Å²) >= 11 is 12.3. The van der Waals surface area contributed by atoms with E-state index in [0.717, 1.165) is 25.7 Å². The summed E-state index contributed by atoms with van der Waals surface area (Å²) in [5, 5.41) is 0.850. The van der Waals surface area contributed by atoms with Gasteiger partial charge in [-0.3, -0.25) is 4.79 Å². The maximum atomic E-state index is 12.5. The molecule has 0 aliphatic rings. The van der Waals surface area contributed by atoms with Crippen LogP contribution in [0.15, 0.2) is 12.1 Å². The second-order valence-electron chi connectivity index (χ2n) is 4.81. The Morgan fingerprint density at radius 3 is 2.45 bits per heavy atom. The zero-order chi connectivity index (χ0) is 15.1. The lowest BCUT2D eigenvalue weighted by molar-refractivity contribution is 0.0908. The largest absolute Gasteiger partial charge is 0.492 e. The highest BCUT2D eigenvalue weighted by Crippen LogP contribution is 2.33. The number of benzene rings is 1. The van der Waals surface area contributed by atoms with Gasteiger partial charge in [-0.05, 0) is 25.8 Å². The molecule has 0 saturated heterocycles. The number of hydrogen-bond acceptors (Lipinski definition) is 2. The van der Waals surface area contributed by atoms with Gasteiger partial charge in [0.05, 0.1) is 16.7 Å². The van der Waals surface area contributed by atoms with E-state index >= 15 is 0 Å². The lowest BCUT2D eigenvalue weighted by Crippen LogP contribution is -2.14. The molecule has 0 spiro atoms. The van der Waals surface area contributed by atoms with Crippen LogP contribution >= 0.6 is 23.2 Å². The van der Waals surface area contributed by atoms with Gasteiger partial charge in [-0.25, -0.2) is 0 Å². The van der Waals surface area contributed by atoms with Crippen molar-refractivity contribution in [3.05, 3.63) is 27.7 Å². The second-order valence-corrected chi connectivity index (χ2v) is 5.62. The molecule has 1 aromatic carbocycles. The smallest absolute Gasteiger partial charge is 0.167 e. The molecule has 0 aromatic heterocycles. The molecule has 0 amide bonds. The summed E-state index contributed by atoms with van der Waals surface area (Å²) in [6.45, 7) is 6.54. The SMILES string of the molecule is CCCCC(CC)C(=O)c1cc(Cl)c(OCC)cc1Cl. The summed E-state index contributed by atoms with van der Waals surface area (Å²) in [6, 6.07) is 3.26. The molecule has 20 heavy (non-hydrogen) atoms. The molecule has 0 N–H and O–H groups in total. The number of carbonyl (C=O) groups is 1. The molecule has 0 aliphatic carbocycles. The highest BCUT2D eigenvalue weighted by atomic mass is 35.5. The molecule has 0 bridgehead atoms. The first-order valence-electron chi connectivity index (χ1n) is 7.21. The maximum absolute atomic E-state index is 12.5. The number of carbonyl (C=O) groups excluding carboxylic acids is 1. The first-order chi connectivity index (χ1) is 9.54. The van der Waals surface area contributed by atoms with Crippen molar-refractivity contribution in [3.8, 4) is 5.75 Å². The van der Waals surface area contributed by atoms with Gasteiger partial charge in [0, 0.05) is 17.5 Å². The molecule has 0 saturated carbocycles. The topological polar surface area (TPSA) is 26.3 Å². The molecule has 1 rings (SSSR count). The Morgan fingerprint density at radius 1 is 1.20 bits per heavy atom. The van der Waals surface area contributed by atoms with Crippen molar-refractivity contribution < 1.29 is 9.53 Å². The standard InChI is InChI=1S/C16H22Cl2O2/c1-4-7-8-11(5-2)16(19)12-9-14(18)15(20-6-3)10-13(12)17/h9-11H,4-8H2,1-3H3. The lowest BCUT2D eigenvalue weighted by atomic mass is 9.90. The van der Waals surface area contributed by atoms with Crippen LogP contribution in [-0.4, -0.2) is 12.4 Å². The third-order valence-corrected chi connectivity index (χ3v) is 3.96. The highest BCUT2D eigenvalue weighted by Gasteiger charge is 2.21. The van der Waals surface area contributed by atoms with Crippen LogP contribution in [0.4, 0.5) is 0 Å². The maximum Gasteiger partial charge on any atom is 0.167 e. The third-order valence-electron chi connectivity index (χ3n) is 3.36. The van der Waals surface area contributed by atoms with E-state index in [1.54, 1.807) is 12.1 Å². The van der Waals surface area contributed by atoms with Gasteiger partial charge in [-0.1, -0.05) is 49.9 Å². The van der Waals surface area contributed by atoms with Crippen molar-refractivity contribution in [1.82, 2.24) is 0 Å². The van der Waals surface area contributed by atoms with Crippen LogP contribution in [0.3, 0.4) is 0 Å². The molecule has 1 atom stereocenters. The van der Waals surface area contributed by atoms with Crippen molar-refractivity contribution in [1.29, 1.82) is 0 Å². The monoisotopic (exact) mass is 316 g/mol. The van der Waals surface area contributed by atoms with Crippen molar-refractivity contribution in [2.24, 2.45) is 5.92 Å². The molecule has 2 nitrogen and oxygen atoms in total. The molecule has 0 heterocycles. The minimum atomic E-state index is 0.0152. The number of ketones is 1. The van der Waals surface area contributed by atoms with Crippen molar-refractivity contribution in [2.45, 2.75) is 46.5 Å². The van der Waals surface area contributed by atoms with E-state index in [2.05, 4.69) is 6.92 Å². The van der Waals surface area contributed by atoms with E-state index in [1.165, 1.54) is 0 Å². The van der Waals surface area contributed by atoms with Gasteiger partial charge in [0.2, 0.25) is 0 Å². The molecule has 0 fully saturated rings. The number of rotatable bonds is 8. The molecule has 1 aromatic rings. The zero-order valence-electron chi connectivity index (χ0n) is 12.3. The second kappa shape index (κ2) is 8.53. The number of Topliss-reactive ketones (excluding diaryl/α,β-unsaturated/α-hetero) is 1. The Labute approximate surface area is 131 Å². The number of halogens is 2. The van der Waals surface area contributed by atoms with Crippen LogP contribution in [-0.2, 0) is 0 Å². The van der Waals surface area contributed by atoms with Gasteiger partial charge in [-0.15, -0.1) is 0 Å². The van der Waals surface area contributed by atoms with Gasteiger partial charge in [-0.2, -0.15) is 0 Å². The highest BCUT2D eigenvalue weighted by molar-refractivity contribution is 6.36. The minimum absolute atomic E-state index is 0.0152. The average Bonchev–Trinajstić information content (AvgIpc) is 2.43. The van der Waals surface area contributed by atoms with Gasteiger partial charge >= 0.3 is 0 Å². The minimum Gasteiger partial charge on any atom is -0.492 e. The average molecular weight is 317 g/mol. The Kier molecular flexibility index (Phi) is 7.39. The fraction of sp³-hybridized carbons (Fsp3) is 0.562. The zero-order valence-corrected chi connectivity index (χ0v) is 13.9. The number of ether oxygens (including phenoxy) is 1. The van der Waals surface area contributed by atoms with Gasteiger partial charge in [0.15, 0.2) is 5.78 Å². The molecular weight excluding hydrogens is 295 g/mol. The van der Waals surface area contributed by atoms with Gasteiger partial charge in [0.1, 0.15) is 5.75 Å². The Bertz CT molecular complexity index is 458. The fourth-order valence-corrected chi connectivity index (χ4v) is 2.64. The molecule has 4 heteroatoms. The summed E-state index contributed by atoms with van der Waals surface area (Å²) in [7, 11) is 0. The first-order valence-corrected chi connectivity index (χ1v) is 7.96. The quantitative estimate of drug-likeness (QED) is 0.567. The van der Waals surface area contributed by atoms with E-state index in [1.807, 2.05) is 13.8 Å².